The highest BCUT2D eigenvalue weighted by atomic mass is 16.5. The molecule has 0 radical (unpaired) electrons. The quantitative estimate of drug-likeness (QED) is 0.745. The van der Waals surface area contributed by atoms with Crippen molar-refractivity contribution < 1.29 is 14.3 Å². The van der Waals surface area contributed by atoms with E-state index >= 15 is 0 Å². The van der Waals surface area contributed by atoms with E-state index in [0.717, 1.165) is 54.5 Å². The number of rotatable bonds is 6. The fraction of sp³-hybridized carbons (Fsp3) is 0.381. The number of nitrogens with zero attached hydrogens (tertiary/aromatic N) is 2. The molecule has 0 unspecified atom stereocenters. The molecule has 0 bridgehead atoms. The maximum atomic E-state index is 12.2. The van der Waals surface area contributed by atoms with Crippen molar-refractivity contribution in [2.45, 2.75) is 26.8 Å². The first-order valence-electron chi connectivity index (χ1n) is 9.04. The predicted molar refractivity (Wildman–Crippen MR) is 104 cm³/mol. The van der Waals surface area contributed by atoms with E-state index in [9.17, 15) is 4.79 Å². The summed E-state index contributed by atoms with van der Waals surface area (Å²) in [6.45, 7) is 6.31. The molecule has 5 heteroatoms. The average Bonchev–Trinajstić information content (AvgIpc) is 3.09. The van der Waals surface area contributed by atoms with E-state index in [1.807, 2.05) is 30.9 Å². The molecule has 0 atom stereocenters. The Bertz CT molecular complexity index is 832. The summed E-state index contributed by atoms with van der Waals surface area (Å²) in [5.41, 5.74) is 4.59. The highest BCUT2D eigenvalue weighted by Gasteiger charge is 2.20. The van der Waals surface area contributed by atoms with Gasteiger partial charge < -0.3 is 18.9 Å². The van der Waals surface area contributed by atoms with Crippen molar-refractivity contribution in [2.24, 2.45) is 0 Å². The molecule has 26 heavy (non-hydrogen) atoms. The molecule has 0 aliphatic carbocycles. The Morgan fingerprint density at radius 1 is 1.15 bits per heavy atom. The molecule has 1 aromatic heterocycles. The van der Waals surface area contributed by atoms with Crippen molar-refractivity contribution in [3.8, 4) is 22.8 Å². The molecular weight excluding hydrogens is 328 g/mol. The molecule has 1 aliphatic heterocycles. The van der Waals surface area contributed by atoms with Gasteiger partial charge in [-0.05, 0) is 56.2 Å². The van der Waals surface area contributed by atoms with E-state index in [4.69, 9.17) is 9.47 Å². The van der Waals surface area contributed by atoms with Gasteiger partial charge in [0.05, 0.1) is 14.2 Å². The van der Waals surface area contributed by atoms with Crippen LogP contribution >= 0.6 is 0 Å². The van der Waals surface area contributed by atoms with Crippen LogP contribution in [-0.2, 0) is 17.8 Å². The third-order valence-electron chi connectivity index (χ3n) is 4.98. The summed E-state index contributed by atoms with van der Waals surface area (Å²) in [4.78, 5) is 14.0. The number of carbonyl (C=O) groups is 1. The van der Waals surface area contributed by atoms with Gasteiger partial charge in [-0.25, -0.2) is 0 Å². The molecule has 0 saturated heterocycles. The lowest BCUT2D eigenvalue weighted by Crippen LogP contribution is -2.28. The second-order valence-corrected chi connectivity index (χ2v) is 6.25. The third-order valence-corrected chi connectivity index (χ3v) is 4.98. The number of fused-ring (bicyclic) bond motifs is 3. The Labute approximate surface area is 154 Å². The lowest BCUT2D eigenvalue weighted by atomic mass is 9.97. The third kappa shape index (κ3) is 3.21. The number of ether oxygens (including phenoxy) is 2. The number of carbonyl (C=O) groups excluding carboxylic acids is 1. The minimum absolute atomic E-state index is 0.0492. The zero-order valence-electron chi connectivity index (χ0n) is 15.9. The summed E-state index contributed by atoms with van der Waals surface area (Å²) < 4.78 is 13.1. The minimum atomic E-state index is 0.0492. The SMILES string of the molecule is CCN(CC)C(=O)/C=C/c1ccc2n1CCc1cc(OC)c(OC)cc1-2. The Morgan fingerprint density at radius 2 is 1.85 bits per heavy atom. The van der Waals surface area contributed by atoms with Crippen molar-refractivity contribution in [3.05, 3.63) is 41.6 Å². The maximum Gasteiger partial charge on any atom is 0.246 e. The molecule has 0 N–H and O–H groups in total. The van der Waals surface area contributed by atoms with Crippen LogP contribution in [0.15, 0.2) is 30.3 Å². The zero-order valence-corrected chi connectivity index (χ0v) is 15.9. The molecule has 0 spiro atoms. The van der Waals surface area contributed by atoms with E-state index in [-0.39, 0.29) is 5.91 Å². The number of likely N-dealkylation sites (N-methyl/N-ethyl adjacent to an activating group) is 1. The van der Waals surface area contributed by atoms with Gasteiger partial charge in [0, 0.05) is 42.7 Å². The lowest BCUT2D eigenvalue weighted by Gasteiger charge is -2.22. The van der Waals surface area contributed by atoms with Crippen LogP contribution in [0.25, 0.3) is 17.3 Å². The largest absolute Gasteiger partial charge is 0.493 e. The summed E-state index contributed by atoms with van der Waals surface area (Å²) in [6, 6.07) is 8.26. The Morgan fingerprint density at radius 3 is 2.50 bits per heavy atom. The molecule has 138 valence electrons. The van der Waals surface area contributed by atoms with Gasteiger partial charge in [-0.15, -0.1) is 0 Å². The monoisotopic (exact) mass is 354 g/mol. The topological polar surface area (TPSA) is 43.7 Å². The molecule has 0 saturated carbocycles. The van der Waals surface area contributed by atoms with Gasteiger partial charge in [-0.3, -0.25) is 4.79 Å². The van der Waals surface area contributed by atoms with E-state index in [1.54, 1.807) is 20.3 Å². The van der Waals surface area contributed by atoms with E-state index in [1.165, 1.54) is 5.56 Å². The van der Waals surface area contributed by atoms with Crippen LogP contribution < -0.4 is 9.47 Å². The summed E-state index contributed by atoms with van der Waals surface area (Å²) >= 11 is 0. The summed E-state index contributed by atoms with van der Waals surface area (Å²) in [5.74, 6) is 1.54. The van der Waals surface area contributed by atoms with Crippen LogP contribution in [-0.4, -0.2) is 42.7 Å². The molecule has 2 heterocycles. The second kappa shape index (κ2) is 7.68. The first kappa shape index (κ1) is 18.1. The first-order valence-corrected chi connectivity index (χ1v) is 9.04. The zero-order chi connectivity index (χ0) is 18.7. The van der Waals surface area contributed by atoms with Crippen LogP contribution in [0.3, 0.4) is 0 Å². The highest BCUT2D eigenvalue weighted by Crippen LogP contribution is 2.39. The first-order chi connectivity index (χ1) is 12.6. The van der Waals surface area contributed by atoms with Crippen LogP contribution in [0.2, 0.25) is 0 Å². The Balaban J connectivity index is 1.93. The summed E-state index contributed by atoms with van der Waals surface area (Å²) in [7, 11) is 3.31. The molecule has 1 aliphatic rings. The number of hydrogen-bond donors (Lipinski definition) is 0. The van der Waals surface area contributed by atoms with Gasteiger partial charge in [0.2, 0.25) is 5.91 Å². The van der Waals surface area contributed by atoms with E-state index in [2.05, 4.69) is 22.8 Å². The molecular formula is C21H26N2O3. The van der Waals surface area contributed by atoms with Crippen molar-refractivity contribution in [1.29, 1.82) is 0 Å². The predicted octanol–water partition coefficient (Wildman–Crippen LogP) is 3.61. The fourth-order valence-electron chi connectivity index (χ4n) is 3.51. The highest BCUT2D eigenvalue weighted by molar-refractivity contribution is 5.91. The average molecular weight is 354 g/mol. The van der Waals surface area contributed by atoms with Gasteiger partial charge in [-0.1, -0.05) is 0 Å². The summed E-state index contributed by atoms with van der Waals surface area (Å²) in [6.07, 6.45) is 4.50. The van der Waals surface area contributed by atoms with Crippen molar-refractivity contribution in [1.82, 2.24) is 9.47 Å². The standard InChI is InChI=1S/C21H26N2O3/c1-5-22(6-2)21(24)10-8-16-7-9-18-17-14-20(26-4)19(25-3)13-15(17)11-12-23(16)18/h7-10,13-14H,5-6,11-12H2,1-4H3/b10-8+. The van der Waals surface area contributed by atoms with Crippen LogP contribution in [0.5, 0.6) is 11.5 Å². The van der Waals surface area contributed by atoms with Crippen LogP contribution in [0, 0.1) is 0 Å². The number of aromatic nitrogens is 1. The van der Waals surface area contributed by atoms with Gasteiger partial charge >= 0.3 is 0 Å². The summed E-state index contributed by atoms with van der Waals surface area (Å²) in [5, 5.41) is 0. The molecule has 2 aromatic rings. The number of hydrogen-bond acceptors (Lipinski definition) is 3. The Kier molecular flexibility index (Phi) is 5.35. The molecule has 3 rings (SSSR count). The minimum Gasteiger partial charge on any atom is -0.493 e. The van der Waals surface area contributed by atoms with Gasteiger partial charge in [0.15, 0.2) is 11.5 Å². The lowest BCUT2D eigenvalue weighted by molar-refractivity contribution is -0.125. The number of aryl methyl sites for hydroxylation is 1. The van der Waals surface area contributed by atoms with Crippen molar-refractivity contribution >= 4 is 12.0 Å². The van der Waals surface area contributed by atoms with Gasteiger partial charge in [0.25, 0.3) is 0 Å². The number of benzene rings is 1. The molecule has 1 aromatic carbocycles. The van der Waals surface area contributed by atoms with Crippen molar-refractivity contribution in [2.75, 3.05) is 27.3 Å². The number of amides is 1. The molecule has 1 amide bonds. The van der Waals surface area contributed by atoms with Gasteiger partial charge in [-0.2, -0.15) is 0 Å². The normalized spacial score (nSPS) is 12.6. The fourth-order valence-corrected chi connectivity index (χ4v) is 3.51. The second-order valence-electron chi connectivity index (χ2n) is 6.25. The number of methoxy groups -OCH3 is 2. The van der Waals surface area contributed by atoms with E-state index < -0.39 is 0 Å². The van der Waals surface area contributed by atoms with Crippen LogP contribution in [0.4, 0.5) is 0 Å². The maximum absolute atomic E-state index is 12.2. The van der Waals surface area contributed by atoms with Crippen LogP contribution in [0.1, 0.15) is 25.1 Å². The smallest absolute Gasteiger partial charge is 0.246 e. The van der Waals surface area contributed by atoms with Gasteiger partial charge in [0.1, 0.15) is 0 Å². The van der Waals surface area contributed by atoms with Crippen molar-refractivity contribution in [3.63, 3.8) is 0 Å². The Hall–Kier alpha value is -2.69. The molecule has 5 nitrogen and oxygen atoms in total. The molecule has 0 fully saturated rings. The van der Waals surface area contributed by atoms with E-state index in [0.29, 0.717) is 0 Å².